The summed E-state index contributed by atoms with van der Waals surface area (Å²) in [5, 5.41) is 3.53. The van der Waals surface area contributed by atoms with E-state index in [9.17, 15) is 0 Å². The highest BCUT2D eigenvalue weighted by Crippen LogP contribution is 2.46. The number of nitrogens with zero attached hydrogens (tertiary/aromatic N) is 1. The highest BCUT2D eigenvalue weighted by molar-refractivity contribution is 8.09. The van der Waals surface area contributed by atoms with Crippen molar-refractivity contribution in [3.05, 3.63) is 0 Å². The van der Waals surface area contributed by atoms with Crippen LogP contribution in [-0.2, 0) is 20.9 Å². The molecule has 0 aromatic rings. The van der Waals surface area contributed by atoms with Crippen LogP contribution in [0.4, 0.5) is 0 Å². The third-order valence-electron chi connectivity index (χ3n) is 1.34. The van der Waals surface area contributed by atoms with Gasteiger partial charge in [0.15, 0.2) is 5.11 Å². The molecule has 4 nitrogen and oxygen atoms in total. The molecule has 0 aliphatic carbocycles. The first-order valence-electron chi connectivity index (χ1n) is 5.12. The fraction of sp³-hybridized carbons (Fsp3) is 0.889. The minimum Gasteiger partial charge on any atom is -0.355 e. The molecule has 0 heterocycles. The molecule has 0 saturated heterocycles. The Kier molecular flexibility index (Phi) is 6.98. The Bertz CT molecular complexity index is 269. The minimum atomic E-state index is -2.54. The van der Waals surface area contributed by atoms with E-state index in [0.29, 0.717) is 5.11 Å². The number of nitrogens with one attached hydrogen (secondary N) is 1. The molecule has 0 unspecified atom stereocenters. The Morgan fingerprint density at radius 3 is 1.75 bits per heavy atom. The second-order valence-electron chi connectivity index (χ2n) is 4.12. The largest absolute Gasteiger partial charge is 0.355 e. The van der Waals surface area contributed by atoms with Gasteiger partial charge in [0.2, 0.25) is 0 Å². The first-order chi connectivity index (χ1) is 7.16. The lowest BCUT2D eigenvalue weighted by Gasteiger charge is -2.29. The number of thiocarbonyl (C=S) groups is 1. The maximum atomic E-state index is 5.65. The normalized spacial score (nSPS) is 12.0. The van der Waals surface area contributed by atoms with E-state index in [1.807, 2.05) is 41.8 Å². The van der Waals surface area contributed by atoms with Gasteiger partial charge in [-0.15, -0.1) is 0 Å². The summed E-state index contributed by atoms with van der Waals surface area (Å²) >= 11 is 10.5. The predicted molar refractivity (Wildman–Crippen MR) is 76.1 cm³/mol. The molecule has 0 radical (unpaired) electrons. The average molecular weight is 284 g/mol. The summed E-state index contributed by atoms with van der Waals surface area (Å²) < 4.78 is 11.3. The zero-order chi connectivity index (χ0) is 12.9. The Morgan fingerprint density at radius 1 is 1.12 bits per heavy atom. The fourth-order valence-electron chi connectivity index (χ4n) is 0.850. The smallest absolute Gasteiger partial charge is 0.289 e. The highest BCUT2D eigenvalue weighted by Gasteiger charge is 2.24. The lowest BCUT2D eigenvalue weighted by atomic mass is 10.5. The van der Waals surface area contributed by atoms with Crippen molar-refractivity contribution < 1.29 is 9.05 Å². The van der Waals surface area contributed by atoms with E-state index in [0.717, 1.165) is 0 Å². The average Bonchev–Trinajstić information content (AvgIpc) is 1.98. The number of hydrogen-bond acceptors (Lipinski definition) is 4. The zero-order valence-electron chi connectivity index (χ0n) is 10.7. The number of rotatable bonds is 5. The number of hydrogen-bond donors (Lipinski definition) is 1. The van der Waals surface area contributed by atoms with E-state index in [-0.39, 0.29) is 12.2 Å². The Hall–Kier alpha value is 0.260. The van der Waals surface area contributed by atoms with Crippen LogP contribution in [0.5, 0.6) is 0 Å². The van der Waals surface area contributed by atoms with E-state index >= 15 is 0 Å². The molecule has 0 fully saturated rings. The lowest BCUT2D eigenvalue weighted by molar-refractivity contribution is 0.172. The molecular weight excluding hydrogens is 263 g/mol. The summed E-state index contributed by atoms with van der Waals surface area (Å²) in [5.41, 5.74) is 0. The van der Waals surface area contributed by atoms with Gasteiger partial charge in [0.25, 0.3) is 6.64 Å². The van der Waals surface area contributed by atoms with Gasteiger partial charge < -0.3 is 13.9 Å². The van der Waals surface area contributed by atoms with Crippen LogP contribution in [0.25, 0.3) is 0 Å². The molecule has 0 atom stereocenters. The van der Waals surface area contributed by atoms with Gasteiger partial charge in [-0.2, -0.15) is 0 Å². The van der Waals surface area contributed by atoms with Crippen molar-refractivity contribution in [3.8, 4) is 0 Å². The standard InChI is InChI=1S/C9H21N2O2PS2/c1-7(2)12-14(16,13-8(3)4)10-9(15)11(5)6/h7-8H,1-6H3,(H,10,15,16). The zero-order valence-corrected chi connectivity index (χ0v) is 13.2. The lowest BCUT2D eigenvalue weighted by Crippen LogP contribution is -2.34. The van der Waals surface area contributed by atoms with Crippen LogP contribution in [0.15, 0.2) is 0 Å². The molecule has 0 spiro atoms. The van der Waals surface area contributed by atoms with Crippen molar-refractivity contribution in [2.75, 3.05) is 14.1 Å². The Labute approximate surface area is 109 Å². The molecule has 0 aromatic carbocycles. The van der Waals surface area contributed by atoms with Crippen molar-refractivity contribution in [2.24, 2.45) is 0 Å². The predicted octanol–water partition coefficient (Wildman–Crippen LogP) is 2.50. The summed E-state index contributed by atoms with van der Waals surface area (Å²) in [5.74, 6) is 0. The van der Waals surface area contributed by atoms with Gasteiger partial charge in [0.05, 0.1) is 12.2 Å². The van der Waals surface area contributed by atoms with Crippen LogP contribution in [-0.4, -0.2) is 36.3 Å². The van der Waals surface area contributed by atoms with Crippen LogP contribution in [0.1, 0.15) is 27.7 Å². The second-order valence-corrected chi connectivity index (χ2v) is 7.59. The summed E-state index contributed by atoms with van der Waals surface area (Å²) in [6.45, 7) is 5.15. The summed E-state index contributed by atoms with van der Waals surface area (Å²) in [6, 6.07) is 0. The van der Waals surface area contributed by atoms with Crippen molar-refractivity contribution in [3.63, 3.8) is 0 Å². The molecule has 0 aliphatic rings. The summed E-state index contributed by atoms with van der Waals surface area (Å²) in [4.78, 5) is 1.77. The maximum Gasteiger partial charge on any atom is 0.289 e. The van der Waals surface area contributed by atoms with Gasteiger partial charge in [0, 0.05) is 14.1 Å². The first-order valence-corrected chi connectivity index (χ1v) is 8.17. The van der Waals surface area contributed by atoms with Crippen LogP contribution in [0.2, 0.25) is 0 Å². The molecule has 0 rings (SSSR count). The summed E-state index contributed by atoms with van der Waals surface area (Å²) in [6.07, 6.45) is 0.00379. The molecule has 96 valence electrons. The Balaban J connectivity index is 4.66. The van der Waals surface area contributed by atoms with Crippen LogP contribution >= 0.6 is 18.9 Å². The van der Waals surface area contributed by atoms with E-state index in [1.54, 1.807) is 4.90 Å². The minimum absolute atomic E-state index is 0.00189. The molecule has 0 saturated carbocycles. The Morgan fingerprint density at radius 2 is 1.50 bits per heavy atom. The molecule has 0 aliphatic heterocycles. The van der Waals surface area contributed by atoms with Crippen LogP contribution in [0.3, 0.4) is 0 Å². The molecule has 0 bridgehead atoms. The topological polar surface area (TPSA) is 33.7 Å². The van der Waals surface area contributed by atoms with Crippen molar-refractivity contribution in [1.29, 1.82) is 0 Å². The van der Waals surface area contributed by atoms with Crippen LogP contribution in [0, 0.1) is 0 Å². The van der Waals surface area contributed by atoms with Crippen molar-refractivity contribution in [1.82, 2.24) is 9.99 Å². The van der Waals surface area contributed by atoms with E-state index in [1.165, 1.54) is 0 Å². The third-order valence-corrected chi connectivity index (χ3v) is 4.63. The van der Waals surface area contributed by atoms with E-state index in [4.69, 9.17) is 33.1 Å². The third kappa shape index (κ3) is 6.76. The molecular formula is C9H21N2O2PS2. The van der Waals surface area contributed by atoms with Gasteiger partial charge in [0.1, 0.15) is 0 Å². The molecule has 1 N–H and O–H groups in total. The molecule has 16 heavy (non-hydrogen) atoms. The fourth-order valence-corrected chi connectivity index (χ4v) is 4.38. The van der Waals surface area contributed by atoms with Gasteiger partial charge >= 0.3 is 0 Å². The highest BCUT2D eigenvalue weighted by atomic mass is 32.5. The van der Waals surface area contributed by atoms with E-state index in [2.05, 4.69) is 5.09 Å². The SMILES string of the molecule is CC(C)OP(=S)(NC(=S)N(C)C)OC(C)C. The quantitative estimate of drug-likeness (QED) is 0.617. The maximum absolute atomic E-state index is 5.65. The summed E-state index contributed by atoms with van der Waals surface area (Å²) in [7, 11) is 3.69. The van der Waals surface area contributed by atoms with Gasteiger partial charge in [-0.05, 0) is 51.7 Å². The molecule has 0 aromatic heterocycles. The van der Waals surface area contributed by atoms with E-state index < -0.39 is 6.64 Å². The van der Waals surface area contributed by atoms with Gasteiger partial charge in [-0.25, -0.2) is 0 Å². The first kappa shape index (κ1) is 16.3. The van der Waals surface area contributed by atoms with Crippen molar-refractivity contribution in [2.45, 2.75) is 39.9 Å². The van der Waals surface area contributed by atoms with Crippen molar-refractivity contribution >= 4 is 35.8 Å². The molecule has 7 heteroatoms. The second kappa shape index (κ2) is 6.87. The van der Waals surface area contributed by atoms with Gasteiger partial charge in [-0.3, -0.25) is 5.09 Å². The van der Waals surface area contributed by atoms with Gasteiger partial charge in [-0.1, -0.05) is 0 Å². The van der Waals surface area contributed by atoms with Crippen LogP contribution < -0.4 is 5.09 Å². The monoisotopic (exact) mass is 284 g/mol. The molecule has 0 amide bonds.